The zero-order chi connectivity index (χ0) is 48.6. The van der Waals surface area contributed by atoms with Crippen LogP contribution in [0.3, 0.4) is 0 Å². The second-order valence-corrected chi connectivity index (χ2v) is 20.0. The lowest BCUT2D eigenvalue weighted by Gasteiger charge is -2.20. The predicted molar refractivity (Wildman–Crippen MR) is 292 cm³/mol. The molecule has 6 nitrogen and oxygen atoms in total. The summed E-state index contributed by atoms with van der Waals surface area (Å²) in [4.78, 5) is 24.5. The summed E-state index contributed by atoms with van der Waals surface area (Å²) in [6.45, 7) is 4.84. The number of allylic oxidation sites excluding steroid dienone is 7. The molecule has 392 valence electrons. The van der Waals surface area contributed by atoms with Crippen molar-refractivity contribution in [2.24, 2.45) is 0 Å². The van der Waals surface area contributed by atoms with Crippen molar-refractivity contribution < 1.29 is 24.5 Å². The fourth-order valence-electron chi connectivity index (χ4n) is 8.76. The molecular formula is C61H113NO5. The Hall–Kier alpha value is -2.18. The van der Waals surface area contributed by atoms with E-state index in [2.05, 4.69) is 55.6 Å². The highest BCUT2D eigenvalue weighted by Crippen LogP contribution is 2.16. The van der Waals surface area contributed by atoms with Crippen LogP contribution in [0.2, 0.25) is 0 Å². The average molecular weight is 941 g/mol. The Morgan fingerprint density at radius 3 is 1.19 bits per heavy atom. The van der Waals surface area contributed by atoms with Crippen molar-refractivity contribution in [2.45, 2.75) is 315 Å². The van der Waals surface area contributed by atoms with Crippen LogP contribution in [-0.2, 0) is 14.3 Å². The molecule has 0 saturated heterocycles. The van der Waals surface area contributed by atoms with Crippen molar-refractivity contribution in [2.75, 3.05) is 13.2 Å². The largest absolute Gasteiger partial charge is 0.466 e. The lowest BCUT2D eigenvalue weighted by molar-refractivity contribution is -0.143. The second-order valence-electron chi connectivity index (χ2n) is 20.0. The number of hydrogen-bond donors (Lipinski definition) is 3. The standard InChI is InChI=1S/C61H113NO5/c1-3-5-7-9-11-13-15-17-19-20-21-23-26-29-33-37-41-45-49-53-59(64)58(57-63)62-60(65)54-50-46-42-38-34-30-27-24-22-25-28-32-36-40-44-48-52-56-67-61(66)55-51-47-43-39-35-31-18-16-14-12-10-8-6-4-2/h10,12,16,18,22,25,49,53,58-59,63-64H,3-9,11,13-15,17,19-21,23-24,26-48,50-52,54-57H2,1-2H3,(H,62,65)/b12-10-,18-16-,25-22-,53-49+. The van der Waals surface area contributed by atoms with Crippen LogP contribution in [0.1, 0.15) is 303 Å². The monoisotopic (exact) mass is 940 g/mol. The number of aliphatic hydroxyl groups excluding tert-OH is 2. The van der Waals surface area contributed by atoms with Gasteiger partial charge in [0.15, 0.2) is 0 Å². The first kappa shape index (κ1) is 64.8. The van der Waals surface area contributed by atoms with Crippen molar-refractivity contribution in [3.63, 3.8) is 0 Å². The van der Waals surface area contributed by atoms with Crippen LogP contribution >= 0.6 is 0 Å². The van der Waals surface area contributed by atoms with Crippen LogP contribution in [0.15, 0.2) is 48.6 Å². The molecule has 67 heavy (non-hydrogen) atoms. The van der Waals surface area contributed by atoms with Gasteiger partial charge in [-0.3, -0.25) is 9.59 Å². The SMILES string of the molecule is CCCC/C=C\C/C=C\CCCCCCCC(=O)OCCCCCCCC/C=C\CCCCCCCCCC(=O)NC(CO)C(O)/C=C/CCCCCCCCCCCCCCCCCCC. The molecule has 3 N–H and O–H groups in total. The van der Waals surface area contributed by atoms with Crippen LogP contribution in [0.4, 0.5) is 0 Å². The topological polar surface area (TPSA) is 95.9 Å². The molecule has 0 aromatic carbocycles. The Labute approximate surface area is 416 Å². The maximum Gasteiger partial charge on any atom is 0.305 e. The number of carbonyl (C=O) groups is 2. The number of nitrogens with one attached hydrogen (secondary N) is 1. The van der Waals surface area contributed by atoms with Crippen molar-refractivity contribution in [1.82, 2.24) is 5.32 Å². The van der Waals surface area contributed by atoms with E-state index in [1.54, 1.807) is 6.08 Å². The van der Waals surface area contributed by atoms with Crippen LogP contribution in [0, 0.1) is 0 Å². The molecule has 2 unspecified atom stereocenters. The van der Waals surface area contributed by atoms with E-state index in [9.17, 15) is 19.8 Å². The van der Waals surface area contributed by atoms with E-state index in [0.29, 0.717) is 19.4 Å². The van der Waals surface area contributed by atoms with Gasteiger partial charge in [0.1, 0.15) is 0 Å². The number of carbonyl (C=O) groups excluding carboxylic acids is 2. The maximum absolute atomic E-state index is 12.5. The fourth-order valence-corrected chi connectivity index (χ4v) is 8.76. The number of amides is 1. The van der Waals surface area contributed by atoms with E-state index < -0.39 is 12.1 Å². The summed E-state index contributed by atoms with van der Waals surface area (Å²) in [6.07, 6.45) is 71.3. The van der Waals surface area contributed by atoms with Gasteiger partial charge >= 0.3 is 5.97 Å². The molecule has 0 saturated carbocycles. The van der Waals surface area contributed by atoms with Crippen LogP contribution in [0.5, 0.6) is 0 Å². The molecule has 0 heterocycles. The number of rotatable bonds is 54. The highest BCUT2D eigenvalue weighted by atomic mass is 16.5. The van der Waals surface area contributed by atoms with Gasteiger partial charge in [-0.1, -0.05) is 255 Å². The summed E-state index contributed by atoms with van der Waals surface area (Å²) in [5, 5.41) is 23.2. The molecule has 0 rings (SSSR count). The minimum atomic E-state index is -0.854. The third-order valence-corrected chi connectivity index (χ3v) is 13.3. The van der Waals surface area contributed by atoms with Crippen molar-refractivity contribution in [3.05, 3.63) is 48.6 Å². The molecule has 0 fully saturated rings. The molecule has 0 aromatic heterocycles. The minimum absolute atomic E-state index is 0.0177. The van der Waals surface area contributed by atoms with E-state index in [1.807, 2.05) is 6.08 Å². The van der Waals surface area contributed by atoms with Crippen molar-refractivity contribution >= 4 is 11.9 Å². The molecule has 0 aliphatic carbocycles. The van der Waals surface area contributed by atoms with Crippen LogP contribution in [0.25, 0.3) is 0 Å². The normalized spacial score (nSPS) is 13.0. The molecule has 0 bridgehead atoms. The summed E-state index contributed by atoms with van der Waals surface area (Å²) >= 11 is 0. The molecule has 2 atom stereocenters. The number of aliphatic hydroxyl groups is 2. The second kappa shape index (κ2) is 56.4. The summed E-state index contributed by atoms with van der Waals surface area (Å²) in [7, 11) is 0. The number of unbranched alkanes of at least 4 members (excludes halogenated alkanes) is 37. The van der Waals surface area contributed by atoms with Gasteiger partial charge in [0.2, 0.25) is 5.91 Å². The first-order chi connectivity index (χ1) is 33.0. The lowest BCUT2D eigenvalue weighted by atomic mass is 10.0. The summed E-state index contributed by atoms with van der Waals surface area (Å²) in [5.41, 5.74) is 0. The van der Waals surface area contributed by atoms with Gasteiger partial charge in [-0.05, 0) is 83.5 Å². The zero-order valence-corrected chi connectivity index (χ0v) is 44.6. The highest BCUT2D eigenvalue weighted by molar-refractivity contribution is 5.76. The molecule has 0 aromatic rings. The highest BCUT2D eigenvalue weighted by Gasteiger charge is 2.18. The van der Waals surface area contributed by atoms with Crippen molar-refractivity contribution in [3.8, 4) is 0 Å². The number of ether oxygens (including phenoxy) is 1. The van der Waals surface area contributed by atoms with Gasteiger partial charge in [-0.25, -0.2) is 0 Å². The molecule has 6 heteroatoms. The number of esters is 1. The van der Waals surface area contributed by atoms with Gasteiger partial charge in [0.05, 0.1) is 25.4 Å². The fraction of sp³-hybridized carbons (Fsp3) is 0.836. The van der Waals surface area contributed by atoms with E-state index in [4.69, 9.17) is 4.74 Å². The average Bonchev–Trinajstić information content (AvgIpc) is 3.33. The predicted octanol–water partition coefficient (Wildman–Crippen LogP) is 18.2. The van der Waals surface area contributed by atoms with Crippen LogP contribution in [-0.4, -0.2) is 47.4 Å². The van der Waals surface area contributed by atoms with E-state index in [1.165, 1.54) is 212 Å². The molecular weight excluding hydrogens is 827 g/mol. The first-order valence-electron chi connectivity index (χ1n) is 29.4. The third-order valence-electron chi connectivity index (χ3n) is 13.3. The molecule has 0 spiro atoms. The molecule has 0 aliphatic heterocycles. The smallest absolute Gasteiger partial charge is 0.305 e. The van der Waals surface area contributed by atoms with E-state index >= 15 is 0 Å². The molecule has 1 amide bonds. The quantitative estimate of drug-likeness (QED) is 0.0321. The van der Waals surface area contributed by atoms with Gasteiger partial charge in [0, 0.05) is 12.8 Å². The summed E-state index contributed by atoms with van der Waals surface area (Å²) < 4.78 is 5.46. The Bertz CT molecular complexity index is 1130. The van der Waals surface area contributed by atoms with Crippen LogP contribution < -0.4 is 5.32 Å². The minimum Gasteiger partial charge on any atom is -0.466 e. The van der Waals surface area contributed by atoms with Gasteiger partial charge in [-0.15, -0.1) is 0 Å². The van der Waals surface area contributed by atoms with Gasteiger partial charge < -0.3 is 20.3 Å². The Balaban J connectivity index is 3.51. The van der Waals surface area contributed by atoms with Gasteiger partial charge in [0.25, 0.3) is 0 Å². The summed E-state index contributed by atoms with van der Waals surface area (Å²) in [5.74, 6) is -0.0971. The Kier molecular flexibility index (Phi) is 54.6. The maximum atomic E-state index is 12.5. The van der Waals surface area contributed by atoms with E-state index in [-0.39, 0.29) is 18.5 Å². The first-order valence-corrected chi connectivity index (χ1v) is 29.4. The zero-order valence-electron chi connectivity index (χ0n) is 44.6. The van der Waals surface area contributed by atoms with Crippen molar-refractivity contribution in [1.29, 1.82) is 0 Å². The molecule has 0 aliphatic rings. The summed E-state index contributed by atoms with van der Waals surface area (Å²) in [6, 6.07) is -0.639. The third kappa shape index (κ3) is 53.0. The van der Waals surface area contributed by atoms with Gasteiger partial charge in [-0.2, -0.15) is 0 Å². The van der Waals surface area contributed by atoms with E-state index in [0.717, 1.165) is 64.2 Å². The lowest BCUT2D eigenvalue weighted by Crippen LogP contribution is -2.45. The Morgan fingerprint density at radius 1 is 0.418 bits per heavy atom. The molecule has 0 radical (unpaired) electrons. The Morgan fingerprint density at radius 2 is 0.761 bits per heavy atom. The number of hydrogen-bond acceptors (Lipinski definition) is 5.